The van der Waals surface area contributed by atoms with Crippen molar-refractivity contribution >= 4 is 24.2 Å². The monoisotopic (exact) mass is 535 g/mol. The van der Waals surface area contributed by atoms with Crippen LogP contribution < -0.4 is 17.2 Å². The summed E-state index contributed by atoms with van der Waals surface area (Å²) in [6, 6.07) is 27.2. The van der Waals surface area contributed by atoms with E-state index in [2.05, 4.69) is 29.0 Å². The predicted octanol–water partition coefficient (Wildman–Crippen LogP) is 3.34. The van der Waals surface area contributed by atoms with E-state index in [9.17, 15) is 19.2 Å². The zero-order chi connectivity index (χ0) is 28.9. The normalized spacial score (nSPS) is 12.3. The molecule has 0 saturated carbocycles. The van der Waals surface area contributed by atoms with Crippen molar-refractivity contribution in [2.75, 3.05) is 13.1 Å². The van der Waals surface area contributed by atoms with Crippen molar-refractivity contribution in [1.82, 2.24) is 0 Å². The highest BCUT2D eigenvalue weighted by Gasteiger charge is 2.19. The van der Waals surface area contributed by atoms with Gasteiger partial charge in [0.1, 0.15) is 12.3 Å². The highest BCUT2D eigenvalue weighted by Crippen LogP contribution is 2.18. The molecule has 9 nitrogen and oxygen atoms in total. The maximum Gasteiger partial charge on any atom is 0.320 e. The number of carboxylic acid groups (broad SMARTS) is 1. The average Bonchev–Trinajstić information content (AvgIpc) is 3.36. The highest BCUT2D eigenvalue weighted by molar-refractivity contribution is 5.92. The molecular formula is C30H37N3O6. The summed E-state index contributed by atoms with van der Waals surface area (Å²) in [5, 5.41) is 8.24. The molecule has 1 saturated heterocycles. The van der Waals surface area contributed by atoms with Gasteiger partial charge in [-0.3, -0.25) is 19.2 Å². The van der Waals surface area contributed by atoms with Crippen LogP contribution in [0.4, 0.5) is 0 Å². The summed E-state index contributed by atoms with van der Waals surface area (Å²) in [5.41, 5.74) is 20.0. The number of ether oxygens (including phenoxy) is 1. The van der Waals surface area contributed by atoms with Crippen LogP contribution in [0, 0.1) is 0 Å². The van der Waals surface area contributed by atoms with Crippen molar-refractivity contribution in [2.45, 2.75) is 38.1 Å². The van der Waals surface area contributed by atoms with Gasteiger partial charge in [0.2, 0.25) is 0 Å². The van der Waals surface area contributed by atoms with Crippen LogP contribution in [0.5, 0.6) is 0 Å². The minimum Gasteiger partial charge on any atom is -0.480 e. The Bertz CT molecular complexity index is 1110. The maximum atomic E-state index is 10.5. The standard InChI is InChI=1S/C13H10O.C8H11N.C5H12N2O2.C4H4O3/c14-10-11-6-8-13(9-7-11)12-4-2-1-3-5-12;9-7-6-8-4-2-1-3-5-8;6-3-1-2-4(7)5(8)9;5-3-1-2-4(6)7-3/h1-10H;1-5H,6-7,9H2;4H,1-3,6-7H2,(H,8,9);1-2H2/t;;4-;/m..0./s1. The Morgan fingerprint density at radius 3 is 1.74 bits per heavy atom. The van der Waals surface area contributed by atoms with Gasteiger partial charge in [-0.05, 0) is 49.0 Å². The number of carboxylic acids is 1. The first-order valence-electron chi connectivity index (χ1n) is 12.6. The molecule has 7 N–H and O–H groups in total. The first kappa shape index (κ1) is 32.8. The zero-order valence-electron chi connectivity index (χ0n) is 21.9. The number of cyclic esters (lactones) is 2. The van der Waals surface area contributed by atoms with E-state index in [1.807, 2.05) is 60.7 Å². The lowest BCUT2D eigenvalue weighted by Crippen LogP contribution is -2.30. The van der Waals surface area contributed by atoms with Crippen LogP contribution in [0.2, 0.25) is 0 Å². The van der Waals surface area contributed by atoms with Crippen LogP contribution in [-0.4, -0.2) is 48.4 Å². The van der Waals surface area contributed by atoms with Crippen LogP contribution >= 0.6 is 0 Å². The summed E-state index contributed by atoms with van der Waals surface area (Å²) in [7, 11) is 0. The average molecular weight is 536 g/mol. The van der Waals surface area contributed by atoms with Crippen molar-refractivity contribution < 1.29 is 29.0 Å². The van der Waals surface area contributed by atoms with Crippen molar-refractivity contribution in [3.63, 3.8) is 0 Å². The van der Waals surface area contributed by atoms with Gasteiger partial charge in [0, 0.05) is 5.56 Å². The van der Waals surface area contributed by atoms with E-state index in [1.54, 1.807) is 0 Å². The fraction of sp³-hybridized carbons (Fsp3) is 0.267. The summed E-state index contributed by atoms with van der Waals surface area (Å²) >= 11 is 0. The van der Waals surface area contributed by atoms with Crippen molar-refractivity contribution in [3.8, 4) is 11.1 Å². The minimum absolute atomic E-state index is 0.263. The number of aliphatic carboxylic acids is 1. The third kappa shape index (κ3) is 15.0. The Balaban J connectivity index is 0.000000270. The van der Waals surface area contributed by atoms with Crippen LogP contribution in [0.3, 0.4) is 0 Å². The second-order valence-electron chi connectivity index (χ2n) is 8.35. The van der Waals surface area contributed by atoms with Gasteiger partial charge in [-0.2, -0.15) is 0 Å². The van der Waals surface area contributed by atoms with Gasteiger partial charge in [-0.1, -0.05) is 84.9 Å². The highest BCUT2D eigenvalue weighted by atomic mass is 16.6. The molecule has 0 unspecified atom stereocenters. The molecular weight excluding hydrogens is 498 g/mol. The van der Waals surface area contributed by atoms with Gasteiger partial charge in [-0.25, -0.2) is 0 Å². The number of rotatable bonds is 8. The molecule has 0 aliphatic carbocycles. The number of hydrogen-bond acceptors (Lipinski definition) is 8. The van der Waals surface area contributed by atoms with E-state index >= 15 is 0 Å². The number of hydrogen-bond donors (Lipinski definition) is 4. The van der Waals surface area contributed by atoms with E-state index < -0.39 is 23.9 Å². The molecule has 0 aromatic heterocycles. The molecule has 0 radical (unpaired) electrons. The van der Waals surface area contributed by atoms with Gasteiger partial charge in [-0.15, -0.1) is 0 Å². The van der Waals surface area contributed by atoms with Crippen LogP contribution in [0.1, 0.15) is 41.6 Å². The topological polar surface area (TPSA) is 176 Å². The second-order valence-corrected chi connectivity index (χ2v) is 8.35. The molecule has 1 heterocycles. The van der Waals surface area contributed by atoms with Crippen molar-refractivity contribution in [1.29, 1.82) is 0 Å². The first-order chi connectivity index (χ1) is 18.8. The largest absolute Gasteiger partial charge is 0.480 e. The summed E-state index contributed by atoms with van der Waals surface area (Å²) in [6.07, 6.45) is 3.51. The molecule has 1 atom stereocenters. The molecule has 1 aliphatic heterocycles. The van der Waals surface area contributed by atoms with Crippen LogP contribution in [0.15, 0.2) is 84.9 Å². The molecule has 3 aromatic carbocycles. The van der Waals surface area contributed by atoms with E-state index in [4.69, 9.17) is 22.3 Å². The Morgan fingerprint density at radius 2 is 1.33 bits per heavy atom. The lowest BCUT2D eigenvalue weighted by molar-refractivity contribution is -0.152. The number of benzene rings is 3. The molecule has 208 valence electrons. The van der Waals surface area contributed by atoms with E-state index in [-0.39, 0.29) is 12.8 Å². The summed E-state index contributed by atoms with van der Waals surface area (Å²) in [4.78, 5) is 40.5. The molecule has 1 fully saturated rings. The third-order valence-electron chi connectivity index (χ3n) is 5.23. The quantitative estimate of drug-likeness (QED) is 0.191. The molecule has 0 bridgehead atoms. The fourth-order valence-electron chi connectivity index (χ4n) is 3.09. The van der Waals surface area contributed by atoms with Gasteiger partial charge in [0.05, 0.1) is 12.8 Å². The van der Waals surface area contributed by atoms with Gasteiger partial charge in [0.15, 0.2) is 0 Å². The van der Waals surface area contributed by atoms with E-state index in [0.29, 0.717) is 24.9 Å². The lowest BCUT2D eigenvalue weighted by Gasteiger charge is -2.02. The maximum absolute atomic E-state index is 10.5. The smallest absolute Gasteiger partial charge is 0.320 e. The molecule has 1 aliphatic rings. The van der Waals surface area contributed by atoms with Gasteiger partial charge < -0.3 is 27.0 Å². The molecule has 0 amide bonds. The first-order valence-corrected chi connectivity index (χ1v) is 12.6. The second kappa shape index (κ2) is 19.9. The number of esters is 2. The third-order valence-corrected chi connectivity index (χ3v) is 5.23. The van der Waals surface area contributed by atoms with E-state index in [0.717, 1.165) is 24.8 Å². The summed E-state index contributed by atoms with van der Waals surface area (Å²) < 4.78 is 4.08. The molecule has 4 rings (SSSR count). The SMILES string of the molecule is NCCC[C@H](N)C(=O)O.NCCc1ccccc1.O=C1CCC(=O)O1.O=Cc1ccc(-c2ccccc2)cc1. The Hall–Kier alpha value is -4.18. The van der Waals surface area contributed by atoms with Gasteiger partial charge >= 0.3 is 17.9 Å². The zero-order valence-corrected chi connectivity index (χ0v) is 21.9. The number of nitrogens with two attached hydrogens (primary N) is 3. The summed E-state index contributed by atoms with van der Waals surface area (Å²) in [5.74, 6) is -1.75. The molecule has 3 aromatic rings. The van der Waals surface area contributed by atoms with Gasteiger partial charge in [0.25, 0.3) is 0 Å². The van der Waals surface area contributed by atoms with Crippen molar-refractivity contribution in [3.05, 3.63) is 96.1 Å². The fourth-order valence-corrected chi connectivity index (χ4v) is 3.09. The lowest BCUT2D eigenvalue weighted by atomic mass is 10.0. The van der Waals surface area contributed by atoms with Crippen LogP contribution in [-0.2, 0) is 25.5 Å². The Kier molecular flexibility index (Phi) is 16.7. The molecule has 39 heavy (non-hydrogen) atoms. The summed E-state index contributed by atoms with van der Waals surface area (Å²) in [6.45, 7) is 1.24. The van der Waals surface area contributed by atoms with Crippen molar-refractivity contribution in [2.24, 2.45) is 17.2 Å². The molecule has 9 heteroatoms. The minimum atomic E-state index is -0.955. The molecule has 0 spiro atoms. The predicted molar refractivity (Wildman–Crippen MR) is 151 cm³/mol. The number of carbonyl (C=O) groups excluding carboxylic acids is 3. The number of aldehydes is 1. The Labute approximate surface area is 229 Å². The Morgan fingerprint density at radius 1 is 0.821 bits per heavy atom. The number of carbonyl (C=O) groups is 4. The van der Waals surface area contributed by atoms with E-state index in [1.165, 1.54) is 11.1 Å². The van der Waals surface area contributed by atoms with Crippen LogP contribution in [0.25, 0.3) is 11.1 Å².